The number of urea groups is 1. The van der Waals surface area contributed by atoms with Crippen LogP contribution in [-0.2, 0) is 6.54 Å². The molecule has 0 bridgehead atoms. The zero-order valence-corrected chi connectivity index (χ0v) is 25.3. The maximum Gasteiger partial charge on any atom is 0.322 e. The van der Waals surface area contributed by atoms with Crippen LogP contribution in [0.15, 0.2) is 103 Å². The second kappa shape index (κ2) is 14.0. The van der Waals surface area contributed by atoms with Crippen molar-refractivity contribution in [2.75, 3.05) is 10.2 Å². The molecule has 9 nitrogen and oxygen atoms in total. The molecule has 6 rings (SSSR count). The van der Waals surface area contributed by atoms with E-state index in [0.717, 1.165) is 27.9 Å². The van der Waals surface area contributed by atoms with Gasteiger partial charge in [0.05, 0.1) is 12.6 Å². The van der Waals surface area contributed by atoms with Gasteiger partial charge in [0.15, 0.2) is 0 Å². The number of H-pyrrole nitrogens is 1. The van der Waals surface area contributed by atoms with E-state index in [1.165, 1.54) is 37.7 Å². The van der Waals surface area contributed by atoms with E-state index < -0.39 is 0 Å². The Hall–Kier alpha value is -5.31. The van der Waals surface area contributed by atoms with E-state index in [2.05, 4.69) is 79.8 Å². The fraction of sp³-hybridized carbons (Fsp3) is 0.250. The van der Waals surface area contributed by atoms with Gasteiger partial charge in [-0.15, -0.1) is 5.10 Å². The molecule has 1 aromatic heterocycles. The minimum absolute atomic E-state index is 0.103. The molecular formula is C36H37N7O2. The summed E-state index contributed by atoms with van der Waals surface area (Å²) >= 11 is 0. The smallest absolute Gasteiger partial charge is 0.322 e. The predicted octanol–water partition coefficient (Wildman–Crippen LogP) is 7.64. The Balaban J connectivity index is 1.23. The van der Waals surface area contributed by atoms with E-state index in [1.54, 1.807) is 17.0 Å². The van der Waals surface area contributed by atoms with E-state index >= 15 is 0 Å². The summed E-state index contributed by atoms with van der Waals surface area (Å²) in [4.78, 5) is 28.4. The van der Waals surface area contributed by atoms with Gasteiger partial charge in [0.1, 0.15) is 0 Å². The van der Waals surface area contributed by atoms with Crippen LogP contribution in [0.25, 0.3) is 11.1 Å². The number of hydrogen-bond acceptors (Lipinski definition) is 5. The summed E-state index contributed by atoms with van der Waals surface area (Å²) in [7, 11) is 0. The van der Waals surface area contributed by atoms with Crippen molar-refractivity contribution in [3.8, 4) is 11.1 Å². The lowest BCUT2D eigenvalue weighted by atomic mass is 9.84. The predicted molar refractivity (Wildman–Crippen MR) is 176 cm³/mol. The molecule has 0 radical (unpaired) electrons. The van der Waals surface area contributed by atoms with Gasteiger partial charge in [0.25, 0.3) is 11.9 Å². The maximum absolute atomic E-state index is 14.0. The fourth-order valence-corrected chi connectivity index (χ4v) is 6.07. The average Bonchev–Trinajstić information content (AvgIpc) is 3.61. The number of benzene rings is 4. The molecule has 0 aliphatic heterocycles. The molecule has 0 spiro atoms. The highest BCUT2D eigenvalue weighted by Gasteiger charge is 2.22. The molecule has 9 heteroatoms. The summed E-state index contributed by atoms with van der Waals surface area (Å²) in [5.74, 6) is 0.337. The number of carbonyl (C=O) groups excluding carboxylic acids is 2. The van der Waals surface area contributed by atoms with Gasteiger partial charge < -0.3 is 5.32 Å². The second-order valence-electron chi connectivity index (χ2n) is 11.5. The first kappa shape index (κ1) is 29.7. The SMILES string of the molecule is CC(NC(=O)N(Cc1ccc(C(=O)Nc2nn[nH]n2)cc1)c1ccc(C2CCCCC2)cc1)c1ccccc1-c1ccccc1. The minimum Gasteiger partial charge on any atom is -0.331 e. The molecule has 1 heterocycles. The van der Waals surface area contributed by atoms with Crippen LogP contribution >= 0.6 is 0 Å². The molecular weight excluding hydrogens is 562 g/mol. The van der Waals surface area contributed by atoms with Crippen molar-refractivity contribution in [3.05, 3.63) is 125 Å². The number of aromatic nitrogens is 4. The number of rotatable bonds is 9. The molecule has 1 unspecified atom stereocenters. The lowest BCUT2D eigenvalue weighted by Crippen LogP contribution is -2.41. The molecule has 45 heavy (non-hydrogen) atoms. The van der Waals surface area contributed by atoms with Crippen molar-refractivity contribution in [2.24, 2.45) is 0 Å². The quantitative estimate of drug-likeness (QED) is 0.161. The van der Waals surface area contributed by atoms with E-state index in [4.69, 9.17) is 0 Å². The second-order valence-corrected chi connectivity index (χ2v) is 11.5. The van der Waals surface area contributed by atoms with Gasteiger partial charge in [0.2, 0.25) is 0 Å². The summed E-state index contributed by atoms with van der Waals surface area (Å²) in [6.07, 6.45) is 6.29. The number of anilines is 2. The Morgan fingerprint density at radius 2 is 1.58 bits per heavy atom. The minimum atomic E-state index is -0.346. The first-order chi connectivity index (χ1) is 22.0. The number of tetrazole rings is 1. The summed E-state index contributed by atoms with van der Waals surface area (Å²) in [5, 5.41) is 19.2. The Morgan fingerprint density at radius 1 is 0.867 bits per heavy atom. The zero-order chi connectivity index (χ0) is 31.0. The lowest BCUT2D eigenvalue weighted by molar-refractivity contribution is 0.102. The van der Waals surface area contributed by atoms with Crippen LogP contribution in [0.4, 0.5) is 16.4 Å². The molecule has 1 saturated carbocycles. The summed E-state index contributed by atoms with van der Waals surface area (Å²) in [6.45, 7) is 2.34. The van der Waals surface area contributed by atoms with Gasteiger partial charge in [-0.25, -0.2) is 4.79 Å². The van der Waals surface area contributed by atoms with Crippen molar-refractivity contribution in [3.63, 3.8) is 0 Å². The highest BCUT2D eigenvalue weighted by Crippen LogP contribution is 2.34. The Morgan fingerprint density at radius 3 is 2.29 bits per heavy atom. The standard InChI is InChI=1S/C36H37N7O2/c1-25(32-14-8-9-15-33(32)29-12-6-3-7-13-29)37-36(45)43(31-22-20-28(21-23-31)27-10-4-2-5-11-27)24-26-16-18-30(19-17-26)34(44)38-35-39-41-42-40-35/h3,6-9,12-23,25,27H,2,4-5,10-11,24H2,1H3,(H,37,45)(H2,38,39,40,41,42,44). The van der Waals surface area contributed by atoms with Crippen LogP contribution < -0.4 is 15.5 Å². The summed E-state index contributed by atoms with van der Waals surface area (Å²) < 4.78 is 0. The van der Waals surface area contributed by atoms with Crippen LogP contribution in [0, 0.1) is 0 Å². The zero-order valence-electron chi connectivity index (χ0n) is 25.3. The van der Waals surface area contributed by atoms with Gasteiger partial charge in [-0.05, 0) is 83.0 Å². The van der Waals surface area contributed by atoms with Gasteiger partial charge in [-0.1, -0.05) is 103 Å². The Labute approximate surface area is 263 Å². The normalized spacial score (nSPS) is 14.0. The highest BCUT2D eigenvalue weighted by molar-refractivity contribution is 6.03. The highest BCUT2D eigenvalue weighted by atomic mass is 16.2. The third-order valence-electron chi connectivity index (χ3n) is 8.51. The van der Waals surface area contributed by atoms with Gasteiger partial charge >= 0.3 is 6.03 Å². The molecule has 1 fully saturated rings. The number of carbonyl (C=O) groups is 2. The summed E-state index contributed by atoms with van der Waals surface area (Å²) in [6, 6.07) is 33.6. The molecule has 228 valence electrons. The first-order valence-electron chi connectivity index (χ1n) is 15.5. The maximum atomic E-state index is 14.0. The van der Waals surface area contributed by atoms with Crippen molar-refractivity contribution in [1.29, 1.82) is 0 Å². The summed E-state index contributed by atoms with van der Waals surface area (Å²) in [5.41, 5.74) is 6.71. The van der Waals surface area contributed by atoms with Crippen LogP contribution in [0.1, 0.15) is 78.0 Å². The number of nitrogens with one attached hydrogen (secondary N) is 3. The molecule has 1 atom stereocenters. The van der Waals surface area contributed by atoms with E-state index in [-0.39, 0.29) is 23.9 Å². The van der Waals surface area contributed by atoms with Gasteiger partial charge in [-0.3, -0.25) is 15.0 Å². The average molecular weight is 600 g/mol. The largest absolute Gasteiger partial charge is 0.331 e. The molecule has 4 aromatic carbocycles. The monoisotopic (exact) mass is 599 g/mol. The van der Waals surface area contributed by atoms with Crippen LogP contribution in [0.3, 0.4) is 0 Å². The third-order valence-corrected chi connectivity index (χ3v) is 8.51. The van der Waals surface area contributed by atoms with Gasteiger partial charge in [-0.2, -0.15) is 5.21 Å². The Kier molecular flexibility index (Phi) is 9.24. The van der Waals surface area contributed by atoms with Gasteiger partial charge in [0, 0.05) is 11.3 Å². The molecule has 3 N–H and O–H groups in total. The molecule has 1 aliphatic carbocycles. The Bertz CT molecular complexity index is 1700. The molecule has 5 aromatic rings. The van der Waals surface area contributed by atoms with Crippen LogP contribution in [0.5, 0.6) is 0 Å². The van der Waals surface area contributed by atoms with Crippen molar-refractivity contribution in [2.45, 2.75) is 57.5 Å². The van der Waals surface area contributed by atoms with E-state index in [0.29, 0.717) is 18.0 Å². The lowest BCUT2D eigenvalue weighted by Gasteiger charge is -2.27. The number of nitrogens with zero attached hydrogens (tertiary/aromatic N) is 4. The molecule has 3 amide bonds. The van der Waals surface area contributed by atoms with E-state index in [1.807, 2.05) is 49.4 Å². The number of amides is 3. The first-order valence-corrected chi connectivity index (χ1v) is 15.5. The fourth-order valence-electron chi connectivity index (χ4n) is 6.07. The number of aromatic amines is 1. The van der Waals surface area contributed by atoms with E-state index in [9.17, 15) is 9.59 Å². The van der Waals surface area contributed by atoms with Crippen molar-refractivity contribution < 1.29 is 9.59 Å². The third kappa shape index (κ3) is 7.26. The van der Waals surface area contributed by atoms with Crippen LogP contribution in [-0.4, -0.2) is 32.6 Å². The molecule has 0 saturated heterocycles. The van der Waals surface area contributed by atoms with Crippen LogP contribution in [0.2, 0.25) is 0 Å². The van der Waals surface area contributed by atoms with Crippen molar-refractivity contribution in [1.82, 2.24) is 25.9 Å². The van der Waals surface area contributed by atoms with Crippen molar-refractivity contribution >= 4 is 23.6 Å². The number of hydrogen-bond donors (Lipinski definition) is 3. The molecule has 1 aliphatic rings. The topological polar surface area (TPSA) is 116 Å².